The number of para-hydroxylation sites is 1. The van der Waals surface area contributed by atoms with Crippen LogP contribution >= 0.6 is 0 Å². The fraction of sp³-hybridized carbons (Fsp3) is 0.250. The van der Waals surface area contributed by atoms with E-state index in [1.165, 1.54) is 36.2 Å². The lowest BCUT2D eigenvalue weighted by molar-refractivity contribution is 0.627. The average molecular weight is 241 g/mol. The predicted molar refractivity (Wildman–Crippen MR) is 72.8 cm³/mol. The van der Waals surface area contributed by atoms with Crippen LogP contribution in [-0.2, 0) is 6.42 Å². The van der Waals surface area contributed by atoms with E-state index in [9.17, 15) is 4.39 Å². The van der Waals surface area contributed by atoms with Crippen LogP contribution in [0.4, 0.5) is 15.8 Å². The third-order valence-electron chi connectivity index (χ3n) is 3.50. The zero-order valence-electron chi connectivity index (χ0n) is 10.3. The van der Waals surface area contributed by atoms with Gasteiger partial charge in [0.2, 0.25) is 0 Å². The Morgan fingerprint density at radius 3 is 2.50 bits per heavy atom. The third-order valence-corrected chi connectivity index (χ3v) is 3.50. The molecular formula is C16H16FN. The number of anilines is 2. The van der Waals surface area contributed by atoms with E-state index < -0.39 is 0 Å². The summed E-state index contributed by atoms with van der Waals surface area (Å²) in [4.78, 5) is 2.29. The maximum atomic E-state index is 13.0. The summed E-state index contributed by atoms with van der Waals surface area (Å²) in [5, 5.41) is 0. The Bertz CT molecular complexity index is 533. The van der Waals surface area contributed by atoms with Gasteiger partial charge < -0.3 is 4.90 Å². The first-order valence-electron chi connectivity index (χ1n) is 6.45. The molecule has 18 heavy (non-hydrogen) atoms. The highest BCUT2D eigenvalue weighted by Crippen LogP contribution is 2.32. The summed E-state index contributed by atoms with van der Waals surface area (Å²) in [6.45, 7) is 1.00. The molecule has 2 aromatic rings. The zero-order chi connectivity index (χ0) is 12.4. The van der Waals surface area contributed by atoms with Crippen LogP contribution in [0.15, 0.2) is 48.5 Å². The van der Waals surface area contributed by atoms with E-state index in [-0.39, 0.29) is 5.82 Å². The van der Waals surface area contributed by atoms with Gasteiger partial charge in [-0.1, -0.05) is 18.2 Å². The second-order valence-corrected chi connectivity index (χ2v) is 4.71. The summed E-state index contributed by atoms with van der Waals surface area (Å²) in [6, 6.07) is 15.3. The fourth-order valence-electron chi connectivity index (χ4n) is 2.58. The summed E-state index contributed by atoms with van der Waals surface area (Å²) in [7, 11) is 0. The van der Waals surface area contributed by atoms with Crippen molar-refractivity contribution in [3.8, 4) is 0 Å². The average Bonchev–Trinajstić information content (AvgIpc) is 2.62. The summed E-state index contributed by atoms with van der Waals surface area (Å²) >= 11 is 0. The molecule has 2 heteroatoms. The highest BCUT2D eigenvalue weighted by Gasteiger charge is 2.15. The maximum absolute atomic E-state index is 13.0. The minimum Gasteiger partial charge on any atom is -0.341 e. The van der Waals surface area contributed by atoms with Gasteiger partial charge in [0.1, 0.15) is 5.82 Å². The van der Waals surface area contributed by atoms with Gasteiger partial charge in [0, 0.05) is 17.9 Å². The number of benzene rings is 2. The molecule has 0 saturated carbocycles. The number of aryl methyl sites for hydroxylation is 1. The largest absolute Gasteiger partial charge is 0.341 e. The molecule has 0 atom stereocenters. The van der Waals surface area contributed by atoms with Crippen LogP contribution in [0.3, 0.4) is 0 Å². The molecule has 0 N–H and O–H groups in total. The monoisotopic (exact) mass is 241 g/mol. The van der Waals surface area contributed by atoms with Crippen LogP contribution in [0.5, 0.6) is 0 Å². The second-order valence-electron chi connectivity index (χ2n) is 4.71. The predicted octanol–water partition coefficient (Wildman–Crippen LogP) is 4.30. The molecule has 0 unspecified atom stereocenters. The molecule has 92 valence electrons. The lowest BCUT2D eigenvalue weighted by Gasteiger charge is -2.25. The molecule has 3 rings (SSSR count). The van der Waals surface area contributed by atoms with Gasteiger partial charge in [-0.05, 0) is 55.2 Å². The van der Waals surface area contributed by atoms with Crippen LogP contribution in [0.25, 0.3) is 0 Å². The Kier molecular flexibility index (Phi) is 3.01. The Labute approximate surface area is 107 Å². The first kappa shape index (κ1) is 11.3. The van der Waals surface area contributed by atoms with Gasteiger partial charge in [-0.2, -0.15) is 0 Å². The van der Waals surface area contributed by atoms with Crippen molar-refractivity contribution >= 4 is 11.4 Å². The van der Waals surface area contributed by atoms with Crippen molar-refractivity contribution in [1.29, 1.82) is 0 Å². The summed E-state index contributed by atoms with van der Waals surface area (Å²) in [5.74, 6) is -0.179. The molecule has 1 nitrogen and oxygen atoms in total. The highest BCUT2D eigenvalue weighted by atomic mass is 19.1. The lowest BCUT2D eigenvalue weighted by atomic mass is 10.1. The van der Waals surface area contributed by atoms with E-state index in [1.54, 1.807) is 0 Å². The zero-order valence-corrected chi connectivity index (χ0v) is 10.3. The Balaban J connectivity index is 2.03. The van der Waals surface area contributed by atoms with E-state index in [4.69, 9.17) is 0 Å². The molecular weight excluding hydrogens is 225 g/mol. The van der Waals surface area contributed by atoms with Gasteiger partial charge in [0.25, 0.3) is 0 Å². The third kappa shape index (κ3) is 2.10. The topological polar surface area (TPSA) is 3.24 Å². The molecule has 0 saturated heterocycles. The molecule has 0 aromatic heterocycles. The molecule has 0 spiro atoms. The quantitative estimate of drug-likeness (QED) is 0.719. The van der Waals surface area contributed by atoms with Gasteiger partial charge in [-0.25, -0.2) is 4.39 Å². The standard InChI is InChI=1S/C16H16FN/c17-14-8-10-15(11-9-14)18-12-4-3-6-13-5-1-2-7-16(13)18/h1-2,5,7-11H,3-4,6,12H2. The molecule has 0 aliphatic carbocycles. The maximum Gasteiger partial charge on any atom is 0.123 e. The Morgan fingerprint density at radius 2 is 1.67 bits per heavy atom. The number of fused-ring (bicyclic) bond motifs is 1. The van der Waals surface area contributed by atoms with E-state index >= 15 is 0 Å². The summed E-state index contributed by atoms with van der Waals surface area (Å²) in [5.41, 5.74) is 3.73. The fourth-order valence-corrected chi connectivity index (χ4v) is 2.58. The van der Waals surface area contributed by atoms with Gasteiger partial charge in [0.15, 0.2) is 0 Å². The van der Waals surface area contributed by atoms with Crippen molar-refractivity contribution in [1.82, 2.24) is 0 Å². The molecule has 0 fully saturated rings. The van der Waals surface area contributed by atoms with Gasteiger partial charge in [-0.15, -0.1) is 0 Å². The molecule has 0 bridgehead atoms. The second kappa shape index (κ2) is 4.81. The minimum absolute atomic E-state index is 0.179. The van der Waals surface area contributed by atoms with Crippen molar-refractivity contribution in [2.24, 2.45) is 0 Å². The molecule has 1 heterocycles. The van der Waals surface area contributed by atoms with Crippen LogP contribution in [0.2, 0.25) is 0 Å². The van der Waals surface area contributed by atoms with E-state index in [0.717, 1.165) is 18.7 Å². The van der Waals surface area contributed by atoms with E-state index in [0.29, 0.717) is 0 Å². The number of hydrogen-bond donors (Lipinski definition) is 0. The first-order valence-corrected chi connectivity index (χ1v) is 6.45. The number of hydrogen-bond acceptors (Lipinski definition) is 1. The normalized spacial score (nSPS) is 15.1. The molecule has 0 amide bonds. The summed E-state index contributed by atoms with van der Waals surface area (Å²) in [6.07, 6.45) is 3.52. The van der Waals surface area contributed by atoms with Crippen molar-refractivity contribution < 1.29 is 4.39 Å². The smallest absolute Gasteiger partial charge is 0.123 e. The van der Waals surface area contributed by atoms with Crippen LogP contribution in [0, 0.1) is 5.82 Å². The highest BCUT2D eigenvalue weighted by molar-refractivity contribution is 5.66. The van der Waals surface area contributed by atoms with Crippen LogP contribution < -0.4 is 4.90 Å². The van der Waals surface area contributed by atoms with Crippen LogP contribution in [-0.4, -0.2) is 6.54 Å². The number of nitrogens with zero attached hydrogens (tertiary/aromatic N) is 1. The van der Waals surface area contributed by atoms with Gasteiger partial charge >= 0.3 is 0 Å². The summed E-state index contributed by atoms with van der Waals surface area (Å²) < 4.78 is 13.0. The SMILES string of the molecule is Fc1ccc(N2CCCCc3ccccc32)cc1. The van der Waals surface area contributed by atoms with Gasteiger partial charge in [-0.3, -0.25) is 0 Å². The molecule has 0 radical (unpaired) electrons. The Morgan fingerprint density at radius 1 is 0.889 bits per heavy atom. The first-order chi connectivity index (χ1) is 8.84. The molecule has 1 aliphatic rings. The Hall–Kier alpha value is -1.83. The van der Waals surface area contributed by atoms with Crippen molar-refractivity contribution in [2.45, 2.75) is 19.3 Å². The molecule has 2 aromatic carbocycles. The number of halogens is 1. The van der Waals surface area contributed by atoms with Gasteiger partial charge in [0.05, 0.1) is 0 Å². The molecule has 1 aliphatic heterocycles. The van der Waals surface area contributed by atoms with Crippen molar-refractivity contribution in [3.05, 3.63) is 59.9 Å². The number of rotatable bonds is 1. The van der Waals surface area contributed by atoms with E-state index in [2.05, 4.69) is 29.2 Å². The van der Waals surface area contributed by atoms with Crippen LogP contribution in [0.1, 0.15) is 18.4 Å². The van der Waals surface area contributed by atoms with Crippen molar-refractivity contribution in [2.75, 3.05) is 11.4 Å². The lowest BCUT2D eigenvalue weighted by Crippen LogP contribution is -2.17. The van der Waals surface area contributed by atoms with Crippen molar-refractivity contribution in [3.63, 3.8) is 0 Å². The van der Waals surface area contributed by atoms with E-state index in [1.807, 2.05) is 12.1 Å². The minimum atomic E-state index is -0.179.